The number of nitrogens with one attached hydrogen (secondary N) is 1. The summed E-state index contributed by atoms with van der Waals surface area (Å²) >= 11 is 1.36. The zero-order valence-corrected chi connectivity index (χ0v) is 18.0. The van der Waals surface area contributed by atoms with Crippen molar-refractivity contribution in [3.05, 3.63) is 51.7 Å². The van der Waals surface area contributed by atoms with Crippen LogP contribution in [0, 0.1) is 5.82 Å². The summed E-state index contributed by atoms with van der Waals surface area (Å²) in [6, 6.07) is 6.00. The van der Waals surface area contributed by atoms with Crippen molar-refractivity contribution in [1.29, 1.82) is 0 Å². The normalized spacial score (nSPS) is 17.1. The van der Waals surface area contributed by atoms with E-state index in [1.165, 1.54) is 23.5 Å². The minimum absolute atomic E-state index is 0.367. The number of hydrogen-bond acceptors (Lipinski definition) is 5. The molecule has 1 fully saturated rings. The van der Waals surface area contributed by atoms with Crippen LogP contribution in [0.3, 0.4) is 0 Å². The van der Waals surface area contributed by atoms with Crippen LogP contribution in [0.25, 0.3) is 0 Å². The van der Waals surface area contributed by atoms with Crippen LogP contribution < -0.4 is 11.1 Å². The number of carbonyl (C=O) groups excluding carboxylic acids is 3. The highest BCUT2D eigenvalue weighted by molar-refractivity contribution is 7.17. The average molecular weight is 445 g/mol. The van der Waals surface area contributed by atoms with E-state index in [-0.39, 0.29) is 0 Å². The number of hydrogen-bond donors (Lipinski definition) is 2. The molecule has 0 saturated heterocycles. The Morgan fingerprint density at radius 1 is 1.13 bits per heavy atom. The van der Waals surface area contributed by atoms with Crippen molar-refractivity contribution in [3.63, 3.8) is 0 Å². The van der Waals surface area contributed by atoms with Crippen molar-refractivity contribution in [2.45, 2.75) is 56.8 Å². The fraction of sp³-hybridized carbons (Fsp3) is 0.435. The average Bonchev–Trinajstić information content (AvgIpc) is 3.37. The summed E-state index contributed by atoms with van der Waals surface area (Å²) < 4.78 is 19.1. The topological polar surface area (TPSA) is 98.5 Å². The van der Waals surface area contributed by atoms with Crippen LogP contribution in [0.5, 0.6) is 0 Å². The first-order chi connectivity index (χ1) is 14.9. The Morgan fingerprint density at radius 3 is 2.58 bits per heavy atom. The van der Waals surface area contributed by atoms with E-state index in [9.17, 15) is 18.8 Å². The van der Waals surface area contributed by atoms with Gasteiger partial charge in [0.15, 0.2) is 6.61 Å². The van der Waals surface area contributed by atoms with Gasteiger partial charge in [0.1, 0.15) is 10.8 Å². The van der Waals surface area contributed by atoms with Gasteiger partial charge < -0.3 is 15.8 Å². The van der Waals surface area contributed by atoms with Gasteiger partial charge in [-0.15, -0.1) is 11.3 Å². The van der Waals surface area contributed by atoms with Crippen molar-refractivity contribution in [2.75, 3.05) is 11.9 Å². The largest absolute Gasteiger partial charge is 0.455 e. The van der Waals surface area contributed by atoms with Crippen molar-refractivity contribution in [1.82, 2.24) is 0 Å². The number of amides is 2. The zero-order valence-electron chi connectivity index (χ0n) is 17.2. The van der Waals surface area contributed by atoms with Crippen LogP contribution in [0.2, 0.25) is 0 Å². The molecule has 1 aromatic heterocycles. The third-order valence-electron chi connectivity index (χ3n) is 6.23. The Hall–Kier alpha value is -2.74. The predicted molar refractivity (Wildman–Crippen MR) is 116 cm³/mol. The van der Waals surface area contributed by atoms with Gasteiger partial charge in [-0.3, -0.25) is 14.4 Å². The monoisotopic (exact) mass is 444 g/mol. The molecular weight excluding hydrogens is 419 g/mol. The van der Waals surface area contributed by atoms with Crippen molar-refractivity contribution >= 4 is 34.1 Å². The maximum absolute atomic E-state index is 13.8. The lowest BCUT2D eigenvalue weighted by Crippen LogP contribution is -2.36. The second kappa shape index (κ2) is 8.78. The zero-order chi connectivity index (χ0) is 22.0. The molecule has 2 aliphatic rings. The molecule has 3 N–H and O–H groups in total. The number of benzene rings is 1. The molecule has 2 amide bonds. The standard InChI is InChI=1S/C23H25FN2O4S/c24-15-7-5-6-14(12-15)23(10-3-4-11-23)22(29)30-13-18(27)26-21-19(20(25)28)16-8-1-2-9-17(16)31-21/h5-7,12H,1-4,8-11,13H2,(H2,25,28)(H,26,27). The summed E-state index contributed by atoms with van der Waals surface area (Å²) in [5.41, 5.74) is 6.50. The van der Waals surface area contributed by atoms with Crippen molar-refractivity contribution < 1.29 is 23.5 Å². The highest BCUT2D eigenvalue weighted by Gasteiger charge is 2.44. The molecule has 4 rings (SSSR count). The van der Waals surface area contributed by atoms with E-state index >= 15 is 0 Å². The number of halogens is 1. The second-order valence-corrected chi connectivity index (χ2v) is 9.31. The summed E-state index contributed by atoms with van der Waals surface area (Å²) in [6.07, 6.45) is 6.43. The highest BCUT2D eigenvalue weighted by Crippen LogP contribution is 2.42. The molecule has 0 spiro atoms. The fourth-order valence-electron chi connectivity index (χ4n) is 4.72. The molecule has 8 heteroatoms. The molecule has 2 aromatic rings. The predicted octanol–water partition coefficient (Wildman–Crippen LogP) is 3.86. The summed E-state index contributed by atoms with van der Waals surface area (Å²) in [7, 11) is 0. The van der Waals surface area contributed by atoms with Gasteiger partial charge in [0.2, 0.25) is 0 Å². The van der Waals surface area contributed by atoms with Gasteiger partial charge in [-0.2, -0.15) is 0 Å². The Morgan fingerprint density at radius 2 is 1.87 bits per heavy atom. The minimum Gasteiger partial charge on any atom is -0.455 e. The molecule has 164 valence electrons. The molecule has 1 heterocycles. The number of ether oxygens (including phenoxy) is 1. The number of aryl methyl sites for hydroxylation is 1. The Kier molecular flexibility index (Phi) is 6.09. The first-order valence-electron chi connectivity index (χ1n) is 10.6. The van der Waals surface area contributed by atoms with Gasteiger partial charge in [0, 0.05) is 4.88 Å². The van der Waals surface area contributed by atoms with E-state index in [1.807, 2.05) is 0 Å². The summed E-state index contributed by atoms with van der Waals surface area (Å²) in [6.45, 7) is -0.476. The summed E-state index contributed by atoms with van der Waals surface area (Å²) in [5, 5.41) is 3.12. The summed E-state index contributed by atoms with van der Waals surface area (Å²) in [4.78, 5) is 38.5. The molecule has 31 heavy (non-hydrogen) atoms. The smallest absolute Gasteiger partial charge is 0.317 e. The first kappa shape index (κ1) is 21.5. The van der Waals surface area contributed by atoms with Gasteiger partial charge in [0.05, 0.1) is 11.0 Å². The lowest BCUT2D eigenvalue weighted by Gasteiger charge is -2.27. The van der Waals surface area contributed by atoms with E-state index in [4.69, 9.17) is 10.5 Å². The molecule has 2 aliphatic carbocycles. The number of rotatable bonds is 6. The molecule has 6 nitrogen and oxygen atoms in total. The van der Waals surface area contributed by atoms with Crippen LogP contribution in [-0.4, -0.2) is 24.4 Å². The van der Waals surface area contributed by atoms with Crippen LogP contribution >= 0.6 is 11.3 Å². The maximum Gasteiger partial charge on any atom is 0.317 e. The van der Waals surface area contributed by atoms with E-state index in [1.54, 1.807) is 12.1 Å². The van der Waals surface area contributed by atoms with Gasteiger partial charge >= 0.3 is 5.97 Å². The van der Waals surface area contributed by atoms with E-state index in [0.29, 0.717) is 29.0 Å². The molecule has 0 atom stereocenters. The quantitative estimate of drug-likeness (QED) is 0.661. The Balaban J connectivity index is 1.46. The molecule has 0 radical (unpaired) electrons. The number of esters is 1. The maximum atomic E-state index is 13.8. The lowest BCUT2D eigenvalue weighted by molar-refractivity contribution is -0.153. The third-order valence-corrected chi connectivity index (χ3v) is 7.44. The first-order valence-corrected chi connectivity index (χ1v) is 11.4. The third kappa shape index (κ3) is 4.21. The van der Waals surface area contributed by atoms with Gasteiger partial charge in [-0.25, -0.2) is 4.39 Å². The van der Waals surface area contributed by atoms with Crippen molar-refractivity contribution in [2.24, 2.45) is 5.73 Å². The Bertz CT molecular complexity index is 1030. The van der Waals surface area contributed by atoms with Gasteiger partial charge in [-0.1, -0.05) is 25.0 Å². The number of carbonyl (C=O) groups is 3. The van der Waals surface area contributed by atoms with Crippen LogP contribution in [-0.2, 0) is 32.6 Å². The van der Waals surface area contributed by atoms with Gasteiger partial charge in [-0.05, 0) is 61.8 Å². The van der Waals surface area contributed by atoms with Gasteiger partial charge in [0.25, 0.3) is 11.8 Å². The number of anilines is 1. The number of nitrogens with two attached hydrogens (primary N) is 1. The van der Waals surface area contributed by atoms with E-state index < -0.39 is 35.6 Å². The van der Waals surface area contributed by atoms with Crippen LogP contribution in [0.4, 0.5) is 9.39 Å². The lowest BCUT2D eigenvalue weighted by atomic mass is 9.79. The highest BCUT2D eigenvalue weighted by atomic mass is 32.1. The minimum atomic E-state index is -0.928. The number of primary amides is 1. The van der Waals surface area contributed by atoms with Crippen LogP contribution in [0.15, 0.2) is 24.3 Å². The van der Waals surface area contributed by atoms with Crippen molar-refractivity contribution in [3.8, 4) is 0 Å². The summed E-state index contributed by atoms with van der Waals surface area (Å²) in [5.74, 6) is -2.02. The van der Waals surface area contributed by atoms with Crippen LogP contribution in [0.1, 0.15) is 64.9 Å². The number of thiophene rings is 1. The molecule has 1 aromatic carbocycles. The molecule has 1 saturated carbocycles. The molecule has 0 unspecified atom stereocenters. The number of fused-ring (bicyclic) bond motifs is 1. The molecule has 0 aliphatic heterocycles. The van der Waals surface area contributed by atoms with E-state index in [2.05, 4.69) is 5.32 Å². The Labute approximate surface area is 184 Å². The van der Waals surface area contributed by atoms with E-state index in [0.717, 1.165) is 49.0 Å². The second-order valence-electron chi connectivity index (χ2n) is 8.20. The molecular formula is C23H25FN2O4S. The SMILES string of the molecule is NC(=O)c1c(NC(=O)COC(=O)C2(c3cccc(F)c3)CCCC2)sc2c1CCCC2. The molecule has 0 bridgehead atoms. The fourth-order valence-corrected chi connectivity index (χ4v) is 6.03.